The van der Waals surface area contributed by atoms with Gasteiger partial charge in [0, 0.05) is 24.4 Å². The molecule has 3 rings (SSSR count). The molecule has 0 radical (unpaired) electrons. The van der Waals surface area contributed by atoms with Crippen molar-refractivity contribution in [3.63, 3.8) is 0 Å². The largest absolute Gasteiger partial charge is 0.354 e. The fourth-order valence-corrected chi connectivity index (χ4v) is 2.59. The maximum absolute atomic E-state index is 11.8. The molecule has 0 bridgehead atoms. The number of nitrogens with zero attached hydrogens (tertiary/aromatic N) is 2. The molecule has 1 atom stereocenters. The highest BCUT2D eigenvalue weighted by molar-refractivity contribution is 5.76. The van der Waals surface area contributed by atoms with E-state index in [-0.39, 0.29) is 11.9 Å². The molecule has 0 aliphatic carbocycles. The molecule has 0 aliphatic heterocycles. The maximum atomic E-state index is 11.8. The summed E-state index contributed by atoms with van der Waals surface area (Å²) in [6.07, 6.45) is 1.70. The molecule has 1 aromatic heterocycles. The highest BCUT2D eigenvalue weighted by atomic mass is 16.5. The van der Waals surface area contributed by atoms with E-state index in [0.29, 0.717) is 24.6 Å². The van der Waals surface area contributed by atoms with E-state index in [0.717, 1.165) is 17.5 Å². The molecule has 26 heavy (non-hydrogen) atoms. The number of carbonyl (C=O) groups is 1. The maximum Gasteiger partial charge on any atom is 0.227 e. The van der Waals surface area contributed by atoms with Gasteiger partial charge in [-0.25, -0.2) is 0 Å². The third-order valence-corrected chi connectivity index (χ3v) is 4.30. The quantitative estimate of drug-likeness (QED) is 0.692. The zero-order valence-electron chi connectivity index (χ0n) is 15.1. The molecule has 5 nitrogen and oxygen atoms in total. The second kappa shape index (κ2) is 8.43. The van der Waals surface area contributed by atoms with Crippen LogP contribution in [0.4, 0.5) is 0 Å². The third kappa shape index (κ3) is 4.57. The Labute approximate surface area is 153 Å². The van der Waals surface area contributed by atoms with Crippen LogP contribution in [0, 0.1) is 0 Å². The van der Waals surface area contributed by atoms with Crippen molar-refractivity contribution in [1.82, 2.24) is 15.5 Å². The first kappa shape index (κ1) is 17.9. The van der Waals surface area contributed by atoms with Gasteiger partial charge in [-0.05, 0) is 24.5 Å². The molecule has 0 unspecified atom stereocenters. The van der Waals surface area contributed by atoms with E-state index in [1.165, 1.54) is 5.56 Å². The molecule has 2 aromatic carbocycles. The number of aromatic nitrogens is 2. The van der Waals surface area contributed by atoms with Gasteiger partial charge in [0.1, 0.15) is 0 Å². The number of hydrogen-bond acceptors (Lipinski definition) is 4. The summed E-state index contributed by atoms with van der Waals surface area (Å²) < 4.78 is 5.27. The molecule has 0 fully saturated rings. The van der Waals surface area contributed by atoms with E-state index in [2.05, 4.69) is 27.6 Å². The van der Waals surface area contributed by atoms with Gasteiger partial charge in [0.25, 0.3) is 0 Å². The summed E-state index contributed by atoms with van der Waals surface area (Å²) in [5.41, 5.74) is 3.20. The lowest BCUT2D eigenvalue weighted by Crippen LogP contribution is -2.32. The SMILES string of the molecule is CC[C@@H](C)NC(=O)CCc1nc(-c2ccc(-c3ccccc3)cc2)no1. The fourth-order valence-electron chi connectivity index (χ4n) is 2.59. The smallest absolute Gasteiger partial charge is 0.227 e. The summed E-state index contributed by atoms with van der Waals surface area (Å²) in [6, 6.07) is 18.4. The second-order valence-corrected chi connectivity index (χ2v) is 6.33. The van der Waals surface area contributed by atoms with E-state index in [1.54, 1.807) is 0 Å². The molecule has 1 N–H and O–H groups in total. The number of nitrogens with one attached hydrogen (secondary N) is 1. The van der Waals surface area contributed by atoms with Crippen molar-refractivity contribution < 1.29 is 9.32 Å². The Kier molecular flexibility index (Phi) is 5.79. The number of hydrogen-bond donors (Lipinski definition) is 1. The molecule has 5 heteroatoms. The van der Waals surface area contributed by atoms with Crippen molar-refractivity contribution in [3.05, 3.63) is 60.5 Å². The highest BCUT2D eigenvalue weighted by Crippen LogP contribution is 2.23. The number of rotatable bonds is 7. The topological polar surface area (TPSA) is 68.0 Å². The van der Waals surface area contributed by atoms with E-state index in [1.807, 2.05) is 56.3 Å². The second-order valence-electron chi connectivity index (χ2n) is 6.33. The molecular weight excluding hydrogens is 326 g/mol. The summed E-state index contributed by atoms with van der Waals surface area (Å²) in [7, 11) is 0. The lowest BCUT2D eigenvalue weighted by molar-refractivity contribution is -0.121. The van der Waals surface area contributed by atoms with Crippen LogP contribution < -0.4 is 5.32 Å². The number of amides is 1. The Hall–Kier alpha value is -2.95. The minimum absolute atomic E-state index is 0.00585. The summed E-state index contributed by atoms with van der Waals surface area (Å²) in [4.78, 5) is 16.2. The molecule has 1 amide bonds. The van der Waals surface area contributed by atoms with Crippen molar-refractivity contribution in [2.75, 3.05) is 0 Å². The normalized spacial score (nSPS) is 11.9. The Bertz CT molecular complexity index is 841. The Balaban J connectivity index is 1.62. The van der Waals surface area contributed by atoms with E-state index >= 15 is 0 Å². The van der Waals surface area contributed by atoms with Crippen LogP contribution >= 0.6 is 0 Å². The zero-order chi connectivity index (χ0) is 18.4. The van der Waals surface area contributed by atoms with E-state index < -0.39 is 0 Å². The summed E-state index contributed by atoms with van der Waals surface area (Å²) in [5.74, 6) is 1.03. The summed E-state index contributed by atoms with van der Waals surface area (Å²) in [5, 5.41) is 6.96. The van der Waals surface area contributed by atoms with Crippen LogP contribution in [0.3, 0.4) is 0 Å². The minimum atomic E-state index is 0.00585. The lowest BCUT2D eigenvalue weighted by Gasteiger charge is -2.10. The predicted molar refractivity (Wildman–Crippen MR) is 101 cm³/mol. The van der Waals surface area contributed by atoms with Crippen molar-refractivity contribution in [1.29, 1.82) is 0 Å². The molecule has 0 saturated carbocycles. The monoisotopic (exact) mass is 349 g/mol. The van der Waals surface area contributed by atoms with Gasteiger partial charge in [-0.3, -0.25) is 4.79 Å². The number of carbonyl (C=O) groups excluding carboxylic acids is 1. The van der Waals surface area contributed by atoms with Crippen LogP contribution in [0.15, 0.2) is 59.1 Å². The molecule has 0 spiro atoms. The lowest BCUT2D eigenvalue weighted by atomic mass is 10.0. The predicted octanol–water partition coefficient (Wildman–Crippen LogP) is 4.25. The van der Waals surface area contributed by atoms with Crippen molar-refractivity contribution in [2.24, 2.45) is 0 Å². The van der Waals surface area contributed by atoms with Gasteiger partial charge in [-0.2, -0.15) is 4.98 Å². The molecular formula is C21H23N3O2. The molecule has 0 saturated heterocycles. The van der Waals surface area contributed by atoms with Gasteiger partial charge < -0.3 is 9.84 Å². The molecule has 1 heterocycles. The van der Waals surface area contributed by atoms with E-state index in [9.17, 15) is 4.79 Å². The Morgan fingerprint density at radius 2 is 1.69 bits per heavy atom. The fraction of sp³-hybridized carbons (Fsp3) is 0.286. The van der Waals surface area contributed by atoms with E-state index in [4.69, 9.17) is 4.52 Å². The summed E-state index contributed by atoms with van der Waals surface area (Å²) >= 11 is 0. The molecule has 3 aromatic rings. The first-order valence-corrected chi connectivity index (χ1v) is 8.93. The number of benzene rings is 2. The standard InChI is InChI=1S/C21H23N3O2/c1-3-15(2)22-19(25)13-14-20-23-21(24-26-20)18-11-9-17(10-12-18)16-7-5-4-6-8-16/h4-12,15H,3,13-14H2,1-2H3,(H,22,25)/t15-/m1/s1. The van der Waals surface area contributed by atoms with Crippen LogP contribution in [0.2, 0.25) is 0 Å². The highest BCUT2D eigenvalue weighted by Gasteiger charge is 2.12. The van der Waals surface area contributed by atoms with Gasteiger partial charge in [0.05, 0.1) is 0 Å². The zero-order valence-corrected chi connectivity index (χ0v) is 15.1. The van der Waals surface area contributed by atoms with Crippen LogP contribution in [0.5, 0.6) is 0 Å². The first-order chi connectivity index (χ1) is 12.7. The minimum Gasteiger partial charge on any atom is -0.354 e. The van der Waals surface area contributed by atoms with Crippen LogP contribution in [-0.4, -0.2) is 22.1 Å². The first-order valence-electron chi connectivity index (χ1n) is 8.93. The van der Waals surface area contributed by atoms with Gasteiger partial charge in [-0.1, -0.05) is 66.7 Å². The summed E-state index contributed by atoms with van der Waals surface area (Å²) in [6.45, 7) is 4.03. The van der Waals surface area contributed by atoms with Crippen molar-refractivity contribution >= 4 is 5.91 Å². The van der Waals surface area contributed by atoms with Crippen LogP contribution in [-0.2, 0) is 11.2 Å². The van der Waals surface area contributed by atoms with Crippen LogP contribution in [0.25, 0.3) is 22.5 Å². The third-order valence-electron chi connectivity index (χ3n) is 4.30. The van der Waals surface area contributed by atoms with Gasteiger partial charge in [0.15, 0.2) is 0 Å². The molecule has 134 valence electrons. The van der Waals surface area contributed by atoms with Gasteiger partial charge in [-0.15, -0.1) is 0 Å². The Morgan fingerprint density at radius 3 is 2.38 bits per heavy atom. The Morgan fingerprint density at radius 1 is 1.04 bits per heavy atom. The van der Waals surface area contributed by atoms with Crippen molar-refractivity contribution in [2.45, 2.75) is 39.2 Å². The van der Waals surface area contributed by atoms with Gasteiger partial charge >= 0.3 is 0 Å². The number of aryl methyl sites for hydroxylation is 1. The average molecular weight is 349 g/mol. The van der Waals surface area contributed by atoms with Gasteiger partial charge in [0.2, 0.25) is 17.6 Å². The molecule has 0 aliphatic rings. The van der Waals surface area contributed by atoms with Crippen LogP contribution in [0.1, 0.15) is 32.6 Å². The van der Waals surface area contributed by atoms with Crippen molar-refractivity contribution in [3.8, 4) is 22.5 Å². The average Bonchev–Trinajstić information content (AvgIpc) is 3.16.